The number of hydrogen-bond donors (Lipinski definition) is 1. The van der Waals surface area contributed by atoms with Crippen molar-refractivity contribution in [3.63, 3.8) is 0 Å². The maximum Gasteiger partial charge on any atom is 0.00950 e. The second kappa shape index (κ2) is 3.39. The molecule has 0 aliphatic carbocycles. The maximum atomic E-state index is 2.89. The van der Waals surface area contributed by atoms with Crippen LogP contribution in [0, 0.1) is 0 Å². The average molecular weight is 77.1 g/mol. The van der Waals surface area contributed by atoms with Gasteiger partial charge in [0.05, 0.1) is 0 Å². The van der Waals surface area contributed by atoms with Gasteiger partial charge in [-0.3, -0.25) is 0 Å². The fourth-order valence-electron chi connectivity index (χ4n) is 0. The van der Waals surface area contributed by atoms with Crippen LogP contribution in [-0.4, -0.2) is 13.3 Å². The van der Waals surface area contributed by atoms with Crippen molar-refractivity contribution in [1.29, 1.82) is 0 Å². The van der Waals surface area contributed by atoms with E-state index in [0.29, 0.717) is 0 Å². The first-order valence-electron chi connectivity index (χ1n) is 1.26. The standard InChI is InChI=1S/C2H8NP/c1-3-2-4/h3H,2,4H2,1H3. The van der Waals surface area contributed by atoms with Crippen molar-refractivity contribution >= 4 is 9.24 Å². The van der Waals surface area contributed by atoms with Gasteiger partial charge in [0.25, 0.3) is 0 Å². The molecule has 0 saturated heterocycles. The van der Waals surface area contributed by atoms with E-state index in [4.69, 9.17) is 0 Å². The highest BCUT2D eigenvalue weighted by atomic mass is 31.0. The Hall–Kier alpha value is 0.390. The molecule has 0 fully saturated rings. The summed E-state index contributed by atoms with van der Waals surface area (Å²) in [4.78, 5) is 0. The van der Waals surface area contributed by atoms with Gasteiger partial charge in [0.15, 0.2) is 0 Å². The van der Waals surface area contributed by atoms with Crippen LogP contribution in [-0.2, 0) is 0 Å². The van der Waals surface area contributed by atoms with Crippen molar-refractivity contribution in [3.05, 3.63) is 0 Å². The molecule has 2 heteroatoms. The molecule has 0 spiro atoms. The SMILES string of the molecule is CNCP. The molecule has 0 amide bonds. The fourth-order valence-corrected chi connectivity index (χ4v) is 0. The summed E-state index contributed by atoms with van der Waals surface area (Å²) in [5.74, 6) is 0. The smallest absolute Gasteiger partial charge is 0.00950 e. The zero-order valence-corrected chi connectivity index (χ0v) is 3.94. The molecule has 1 nitrogen and oxygen atoms in total. The molecular formula is C2H8NP. The summed E-state index contributed by atoms with van der Waals surface area (Å²) in [6.07, 6.45) is 0.986. The molecule has 1 N–H and O–H groups in total. The largest absolute Gasteiger partial charge is 0.316 e. The maximum absolute atomic E-state index is 2.89. The highest BCUT2D eigenvalue weighted by Crippen LogP contribution is 1.64. The van der Waals surface area contributed by atoms with Crippen LogP contribution in [0.1, 0.15) is 0 Å². The van der Waals surface area contributed by atoms with Crippen molar-refractivity contribution in [3.8, 4) is 0 Å². The van der Waals surface area contributed by atoms with Gasteiger partial charge in [0.2, 0.25) is 0 Å². The van der Waals surface area contributed by atoms with Crippen LogP contribution in [0.3, 0.4) is 0 Å². The van der Waals surface area contributed by atoms with Gasteiger partial charge in [-0.05, 0) is 7.05 Å². The lowest BCUT2D eigenvalue weighted by Crippen LogP contribution is -1.98. The minimum absolute atomic E-state index is 0.986. The van der Waals surface area contributed by atoms with Crippen LogP contribution in [0.2, 0.25) is 0 Å². The Labute approximate surface area is 29.0 Å². The normalized spacial score (nSPS) is 7.50. The molecule has 0 heterocycles. The van der Waals surface area contributed by atoms with Gasteiger partial charge in [-0.25, -0.2) is 0 Å². The van der Waals surface area contributed by atoms with E-state index in [1.165, 1.54) is 0 Å². The predicted molar refractivity (Wildman–Crippen MR) is 23.6 cm³/mol. The quantitative estimate of drug-likeness (QED) is 0.436. The molecule has 4 heavy (non-hydrogen) atoms. The minimum atomic E-state index is 0.986. The number of nitrogens with one attached hydrogen (secondary N) is 1. The molecule has 0 aliphatic heterocycles. The average Bonchev–Trinajstić information content (AvgIpc) is 1.37. The second-order valence-electron chi connectivity index (χ2n) is 0.558. The molecule has 0 aromatic rings. The Morgan fingerprint density at radius 1 is 2.00 bits per heavy atom. The molecule has 0 radical (unpaired) electrons. The van der Waals surface area contributed by atoms with Crippen molar-refractivity contribution in [2.45, 2.75) is 0 Å². The van der Waals surface area contributed by atoms with E-state index in [2.05, 4.69) is 14.6 Å². The first-order chi connectivity index (χ1) is 1.91. The van der Waals surface area contributed by atoms with Gasteiger partial charge in [0, 0.05) is 6.29 Å². The van der Waals surface area contributed by atoms with E-state index in [-0.39, 0.29) is 0 Å². The Morgan fingerprint density at radius 2 is 2.25 bits per heavy atom. The molecule has 0 saturated carbocycles. The van der Waals surface area contributed by atoms with Crippen molar-refractivity contribution in [2.24, 2.45) is 0 Å². The molecule has 1 atom stereocenters. The summed E-state index contributed by atoms with van der Waals surface area (Å²) in [6.45, 7) is 0. The first kappa shape index (κ1) is 4.39. The van der Waals surface area contributed by atoms with Gasteiger partial charge >= 0.3 is 0 Å². The molecule has 0 aliphatic rings. The van der Waals surface area contributed by atoms with Gasteiger partial charge in [-0.2, -0.15) is 0 Å². The van der Waals surface area contributed by atoms with E-state index in [1.807, 2.05) is 7.05 Å². The van der Waals surface area contributed by atoms with Crippen LogP contribution in [0.15, 0.2) is 0 Å². The van der Waals surface area contributed by atoms with Gasteiger partial charge < -0.3 is 5.32 Å². The van der Waals surface area contributed by atoms with Crippen LogP contribution < -0.4 is 5.32 Å². The van der Waals surface area contributed by atoms with Crippen LogP contribution in [0.5, 0.6) is 0 Å². The zero-order valence-electron chi connectivity index (χ0n) is 2.78. The lowest BCUT2D eigenvalue weighted by Gasteiger charge is -1.76. The molecule has 0 aromatic heterocycles. The van der Waals surface area contributed by atoms with Gasteiger partial charge in [0.1, 0.15) is 0 Å². The first-order valence-corrected chi connectivity index (χ1v) is 2.08. The van der Waals surface area contributed by atoms with Crippen molar-refractivity contribution < 1.29 is 0 Å². The molecule has 26 valence electrons. The van der Waals surface area contributed by atoms with E-state index in [1.54, 1.807) is 0 Å². The summed E-state index contributed by atoms with van der Waals surface area (Å²) in [6, 6.07) is 0. The number of rotatable bonds is 1. The van der Waals surface area contributed by atoms with E-state index >= 15 is 0 Å². The third kappa shape index (κ3) is 2.39. The van der Waals surface area contributed by atoms with Crippen LogP contribution in [0.25, 0.3) is 0 Å². The monoisotopic (exact) mass is 77.0 g/mol. The third-order valence-corrected chi connectivity index (χ3v) is 0.612. The Kier molecular flexibility index (Phi) is 3.72. The topological polar surface area (TPSA) is 12.0 Å². The van der Waals surface area contributed by atoms with E-state index < -0.39 is 0 Å². The van der Waals surface area contributed by atoms with Gasteiger partial charge in [-0.1, -0.05) is 0 Å². The zero-order chi connectivity index (χ0) is 3.41. The molecule has 0 bridgehead atoms. The highest BCUT2D eigenvalue weighted by Gasteiger charge is 1.50. The summed E-state index contributed by atoms with van der Waals surface area (Å²) >= 11 is 0. The summed E-state index contributed by atoms with van der Waals surface area (Å²) in [5, 5.41) is 2.89. The van der Waals surface area contributed by atoms with E-state index in [9.17, 15) is 0 Å². The Balaban J connectivity index is 1.97. The Morgan fingerprint density at radius 3 is 2.25 bits per heavy atom. The molecular weight excluding hydrogens is 69.0 g/mol. The van der Waals surface area contributed by atoms with Crippen LogP contribution in [0.4, 0.5) is 0 Å². The lowest BCUT2D eigenvalue weighted by molar-refractivity contribution is 0.984. The summed E-state index contributed by atoms with van der Waals surface area (Å²) in [7, 11) is 4.45. The molecule has 0 aromatic carbocycles. The summed E-state index contributed by atoms with van der Waals surface area (Å²) in [5.41, 5.74) is 0. The van der Waals surface area contributed by atoms with Crippen molar-refractivity contribution in [2.75, 3.05) is 13.3 Å². The molecule has 0 rings (SSSR count). The third-order valence-electron chi connectivity index (χ3n) is 0.204. The van der Waals surface area contributed by atoms with Gasteiger partial charge in [-0.15, -0.1) is 9.24 Å². The Bertz CT molecular complexity index is 8.00. The fraction of sp³-hybridized carbons (Fsp3) is 1.00. The van der Waals surface area contributed by atoms with E-state index in [0.717, 1.165) is 6.29 Å². The minimum Gasteiger partial charge on any atom is -0.316 e. The lowest BCUT2D eigenvalue weighted by atomic mass is 11.3. The summed E-state index contributed by atoms with van der Waals surface area (Å²) < 4.78 is 0. The predicted octanol–water partition coefficient (Wildman–Crippen LogP) is 0.0384. The highest BCUT2D eigenvalue weighted by molar-refractivity contribution is 7.16. The van der Waals surface area contributed by atoms with Crippen LogP contribution >= 0.6 is 9.24 Å². The molecule has 1 unspecified atom stereocenters. The van der Waals surface area contributed by atoms with Crippen molar-refractivity contribution in [1.82, 2.24) is 5.32 Å². The number of hydrogen-bond acceptors (Lipinski definition) is 1. The second-order valence-corrected chi connectivity index (χ2v) is 0.966.